The van der Waals surface area contributed by atoms with Crippen LogP contribution >= 0.6 is 0 Å². The molecule has 6 nitrogen and oxygen atoms in total. The van der Waals surface area contributed by atoms with E-state index in [-0.39, 0.29) is 12.5 Å². The van der Waals surface area contributed by atoms with Crippen LogP contribution in [0.3, 0.4) is 0 Å². The number of benzene rings is 1. The van der Waals surface area contributed by atoms with Crippen molar-refractivity contribution in [2.75, 3.05) is 6.54 Å². The third-order valence-electron chi connectivity index (χ3n) is 2.72. The standard InChI is InChI=1S/C13H13N3O3/c1-8(13(18)19)7-16-12(17)9-2-3-10-11(6-9)15-5-4-14-10/h2-6,8H,7H2,1H3,(H,16,17)(H,18,19). The molecule has 0 aliphatic heterocycles. The van der Waals surface area contributed by atoms with Crippen molar-refractivity contribution in [2.45, 2.75) is 6.92 Å². The fourth-order valence-corrected chi connectivity index (χ4v) is 1.54. The lowest BCUT2D eigenvalue weighted by molar-refractivity contribution is -0.140. The molecule has 1 heterocycles. The number of carbonyl (C=O) groups excluding carboxylic acids is 1. The van der Waals surface area contributed by atoms with E-state index >= 15 is 0 Å². The molecule has 1 amide bonds. The van der Waals surface area contributed by atoms with Gasteiger partial charge in [-0.2, -0.15) is 0 Å². The van der Waals surface area contributed by atoms with E-state index in [9.17, 15) is 9.59 Å². The molecule has 19 heavy (non-hydrogen) atoms. The maximum Gasteiger partial charge on any atom is 0.308 e. The maximum atomic E-state index is 11.9. The molecule has 0 aliphatic rings. The summed E-state index contributed by atoms with van der Waals surface area (Å²) in [6.45, 7) is 1.63. The number of nitrogens with zero attached hydrogens (tertiary/aromatic N) is 2. The zero-order chi connectivity index (χ0) is 13.8. The van der Waals surface area contributed by atoms with Crippen LogP contribution in [0.25, 0.3) is 11.0 Å². The van der Waals surface area contributed by atoms with Crippen molar-refractivity contribution in [2.24, 2.45) is 5.92 Å². The summed E-state index contributed by atoms with van der Waals surface area (Å²) >= 11 is 0. The molecule has 0 fully saturated rings. The zero-order valence-electron chi connectivity index (χ0n) is 10.3. The number of carboxylic acids is 1. The lowest BCUT2D eigenvalue weighted by Crippen LogP contribution is -2.31. The average molecular weight is 259 g/mol. The highest BCUT2D eigenvalue weighted by Crippen LogP contribution is 2.10. The van der Waals surface area contributed by atoms with Crippen LogP contribution in [0.2, 0.25) is 0 Å². The monoisotopic (exact) mass is 259 g/mol. The molecule has 0 saturated carbocycles. The first kappa shape index (κ1) is 12.9. The number of nitrogens with one attached hydrogen (secondary N) is 1. The van der Waals surface area contributed by atoms with E-state index in [1.54, 1.807) is 30.6 Å². The summed E-state index contributed by atoms with van der Waals surface area (Å²) in [6.07, 6.45) is 3.13. The highest BCUT2D eigenvalue weighted by atomic mass is 16.4. The quantitative estimate of drug-likeness (QED) is 0.857. The summed E-state index contributed by atoms with van der Waals surface area (Å²) in [5.74, 6) is -1.88. The Hall–Kier alpha value is -2.50. The van der Waals surface area contributed by atoms with Crippen LogP contribution in [0, 0.1) is 5.92 Å². The predicted octanol–water partition coefficient (Wildman–Crippen LogP) is 1.08. The van der Waals surface area contributed by atoms with Crippen LogP contribution in [-0.2, 0) is 4.79 Å². The molecule has 1 aromatic heterocycles. The van der Waals surface area contributed by atoms with Gasteiger partial charge in [-0.25, -0.2) is 0 Å². The van der Waals surface area contributed by atoms with Crippen LogP contribution < -0.4 is 5.32 Å². The van der Waals surface area contributed by atoms with Gasteiger partial charge in [-0.3, -0.25) is 19.6 Å². The lowest BCUT2D eigenvalue weighted by atomic mass is 10.1. The fourth-order valence-electron chi connectivity index (χ4n) is 1.54. The van der Waals surface area contributed by atoms with E-state index in [4.69, 9.17) is 5.11 Å². The smallest absolute Gasteiger partial charge is 0.308 e. The molecule has 1 aromatic carbocycles. The summed E-state index contributed by atoms with van der Waals surface area (Å²) < 4.78 is 0. The second-order valence-electron chi connectivity index (χ2n) is 4.21. The number of amides is 1. The number of rotatable bonds is 4. The van der Waals surface area contributed by atoms with Crippen LogP contribution in [0.5, 0.6) is 0 Å². The van der Waals surface area contributed by atoms with Gasteiger partial charge in [0.15, 0.2) is 0 Å². The van der Waals surface area contributed by atoms with Gasteiger partial charge in [0.25, 0.3) is 5.91 Å². The van der Waals surface area contributed by atoms with Gasteiger partial charge in [-0.05, 0) is 18.2 Å². The third-order valence-corrected chi connectivity index (χ3v) is 2.72. The largest absolute Gasteiger partial charge is 0.481 e. The SMILES string of the molecule is CC(CNC(=O)c1ccc2nccnc2c1)C(=O)O. The summed E-state index contributed by atoms with van der Waals surface area (Å²) in [6, 6.07) is 4.97. The second kappa shape index (κ2) is 5.43. The van der Waals surface area contributed by atoms with Gasteiger partial charge in [0, 0.05) is 24.5 Å². The van der Waals surface area contributed by atoms with Gasteiger partial charge >= 0.3 is 5.97 Å². The van der Waals surface area contributed by atoms with Crippen LogP contribution in [-0.4, -0.2) is 33.5 Å². The molecule has 1 unspecified atom stereocenters. The highest BCUT2D eigenvalue weighted by molar-refractivity contribution is 5.97. The minimum atomic E-state index is -0.940. The number of hydrogen-bond donors (Lipinski definition) is 2. The Kier molecular flexibility index (Phi) is 3.70. The molecular formula is C13H13N3O3. The number of aromatic nitrogens is 2. The van der Waals surface area contributed by atoms with Crippen molar-refractivity contribution >= 4 is 22.9 Å². The predicted molar refractivity (Wildman–Crippen MR) is 68.7 cm³/mol. The Labute approximate surface area is 109 Å². The van der Waals surface area contributed by atoms with Crippen LogP contribution in [0.15, 0.2) is 30.6 Å². The third kappa shape index (κ3) is 3.04. The van der Waals surface area contributed by atoms with E-state index in [0.717, 1.165) is 0 Å². The molecule has 2 aromatic rings. The van der Waals surface area contributed by atoms with Crippen LogP contribution in [0.4, 0.5) is 0 Å². The van der Waals surface area contributed by atoms with Crippen molar-refractivity contribution in [3.63, 3.8) is 0 Å². The van der Waals surface area contributed by atoms with Gasteiger partial charge in [0.05, 0.1) is 17.0 Å². The van der Waals surface area contributed by atoms with Crippen molar-refractivity contribution in [3.05, 3.63) is 36.2 Å². The zero-order valence-corrected chi connectivity index (χ0v) is 10.3. The molecule has 0 saturated heterocycles. The van der Waals surface area contributed by atoms with E-state index in [2.05, 4.69) is 15.3 Å². The molecule has 0 spiro atoms. The summed E-state index contributed by atoms with van der Waals surface area (Å²) in [7, 11) is 0. The molecular weight excluding hydrogens is 246 g/mol. The maximum absolute atomic E-state index is 11.9. The number of carboxylic acid groups (broad SMARTS) is 1. The lowest BCUT2D eigenvalue weighted by Gasteiger charge is -2.08. The first-order chi connectivity index (χ1) is 9.08. The van der Waals surface area contributed by atoms with Gasteiger partial charge in [0.1, 0.15) is 0 Å². The van der Waals surface area contributed by atoms with E-state index < -0.39 is 11.9 Å². The molecule has 2 rings (SSSR count). The number of aliphatic carboxylic acids is 1. The Balaban J connectivity index is 2.11. The van der Waals surface area contributed by atoms with Crippen molar-refractivity contribution in [3.8, 4) is 0 Å². The van der Waals surface area contributed by atoms with Crippen molar-refractivity contribution in [1.82, 2.24) is 15.3 Å². The first-order valence-corrected chi connectivity index (χ1v) is 5.79. The second-order valence-corrected chi connectivity index (χ2v) is 4.21. The molecule has 0 aliphatic carbocycles. The van der Waals surface area contributed by atoms with Crippen molar-refractivity contribution < 1.29 is 14.7 Å². The van der Waals surface area contributed by atoms with E-state index in [1.165, 1.54) is 6.92 Å². The summed E-state index contributed by atoms with van der Waals surface area (Å²) in [5.41, 5.74) is 1.77. The fraction of sp³-hybridized carbons (Fsp3) is 0.231. The molecule has 0 radical (unpaired) electrons. The normalized spacial score (nSPS) is 12.1. The van der Waals surface area contributed by atoms with Crippen LogP contribution in [0.1, 0.15) is 17.3 Å². The summed E-state index contributed by atoms with van der Waals surface area (Å²) in [5, 5.41) is 11.3. The van der Waals surface area contributed by atoms with Gasteiger partial charge < -0.3 is 10.4 Å². The Morgan fingerprint density at radius 3 is 2.63 bits per heavy atom. The highest BCUT2D eigenvalue weighted by Gasteiger charge is 2.13. The molecule has 0 bridgehead atoms. The number of fused-ring (bicyclic) bond motifs is 1. The Bertz CT molecular complexity index is 627. The molecule has 1 atom stereocenters. The molecule has 6 heteroatoms. The molecule has 2 N–H and O–H groups in total. The minimum Gasteiger partial charge on any atom is -0.481 e. The minimum absolute atomic E-state index is 0.0900. The average Bonchev–Trinajstić information content (AvgIpc) is 2.43. The Morgan fingerprint density at radius 1 is 1.26 bits per heavy atom. The summed E-state index contributed by atoms with van der Waals surface area (Å²) in [4.78, 5) is 30.7. The molecule has 98 valence electrons. The van der Waals surface area contributed by atoms with Gasteiger partial charge in [0.2, 0.25) is 0 Å². The van der Waals surface area contributed by atoms with Gasteiger partial charge in [-0.15, -0.1) is 0 Å². The van der Waals surface area contributed by atoms with Crippen molar-refractivity contribution in [1.29, 1.82) is 0 Å². The van der Waals surface area contributed by atoms with E-state index in [0.29, 0.717) is 16.6 Å². The topological polar surface area (TPSA) is 92.2 Å². The first-order valence-electron chi connectivity index (χ1n) is 5.79. The van der Waals surface area contributed by atoms with E-state index in [1.807, 2.05) is 0 Å². The van der Waals surface area contributed by atoms with Gasteiger partial charge in [-0.1, -0.05) is 6.92 Å². The number of carbonyl (C=O) groups is 2. The number of hydrogen-bond acceptors (Lipinski definition) is 4. The Morgan fingerprint density at radius 2 is 1.95 bits per heavy atom.